The van der Waals surface area contributed by atoms with Gasteiger partial charge >= 0.3 is 0 Å². The molecule has 0 atom stereocenters. The number of benzene rings is 1. The summed E-state index contributed by atoms with van der Waals surface area (Å²) in [5.74, 6) is 0.956. The molecule has 0 spiro atoms. The van der Waals surface area contributed by atoms with Gasteiger partial charge in [0.15, 0.2) is 18.1 Å². The van der Waals surface area contributed by atoms with Crippen molar-refractivity contribution in [3.63, 3.8) is 0 Å². The number of hydrogen-bond acceptors (Lipinski definition) is 4. The van der Waals surface area contributed by atoms with E-state index < -0.39 is 0 Å². The van der Waals surface area contributed by atoms with Gasteiger partial charge in [-0.05, 0) is 38.0 Å². The van der Waals surface area contributed by atoms with Crippen molar-refractivity contribution >= 4 is 5.91 Å². The minimum absolute atomic E-state index is 0.00856. The number of ether oxygens (including phenoxy) is 2. The SMILES string of the molecule is COc1ccccc1OCC(=O)NCCCCn1c(C)cccc1=O. The fourth-order valence-electron chi connectivity index (χ4n) is 2.47. The Morgan fingerprint density at radius 2 is 1.84 bits per heavy atom. The monoisotopic (exact) mass is 344 g/mol. The molecule has 2 rings (SSSR count). The molecule has 6 heteroatoms. The highest BCUT2D eigenvalue weighted by Gasteiger charge is 2.06. The van der Waals surface area contributed by atoms with Crippen LogP contribution in [0, 0.1) is 6.92 Å². The number of methoxy groups -OCH3 is 1. The van der Waals surface area contributed by atoms with Crippen molar-refractivity contribution in [1.29, 1.82) is 0 Å². The van der Waals surface area contributed by atoms with Crippen LogP contribution in [0.3, 0.4) is 0 Å². The third kappa shape index (κ3) is 5.67. The summed E-state index contributed by atoms with van der Waals surface area (Å²) >= 11 is 0. The van der Waals surface area contributed by atoms with Crippen LogP contribution in [0.1, 0.15) is 18.5 Å². The van der Waals surface area contributed by atoms with Crippen molar-refractivity contribution in [3.05, 3.63) is 58.5 Å². The van der Waals surface area contributed by atoms with E-state index in [-0.39, 0.29) is 18.1 Å². The van der Waals surface area contributed by atoms with Crippen LogP contribution in [0.2, 0.25) is 0 Å². The van der Waals surface area contributed by atoms with Gasteiger partial charge in [-0.3, -0.25) is 9.59 Å². The number of carbonyl (C=O) groups is 1. The second kappa shape index (κ2) is 9.52. The molecule has 1 N–H and O–H groups in total. The average molecular weight is 344 g/mol. The van der Waals surface area contributed by atoms with Gasteiger partial charge in [0.2, 0.25) is 0 Å². The fraction of sp³-hybridized carbons (Fsp3) is 0.368. The zero-order valence-electron chi connectivity index (χ0n) is 14.7. The van der Waals surface area contributed by atoms with Crippen LogP contribution >= 0.6 is 0 Å². The summed E-state index contributed by atoms with van der Waals surface area (Å²) in [4.78, 5) is 23.6. The van der Waals surface area contributed by atoms with Crippen molar-refractivity contribution in [2.45, 2.75) is 26.3 Å². The molecule has 1 heterocycles. The van der Waals surface area contributed by atoms with Crippen LogP contribution in [-0.2, 0) is 11.3 Å². The lowest BCUT2D eigenvalue weighted by molar-refractivity contribution is -0.123. The van der Waals surface area contributed by atoms with E-state index in [4.69, 9.17) is 9.47 Å². The van der Waals surface area contributed by atoms with Gasteiger partial charge in [0.25, 0.3) is 11.5 Å². The Kier molecular flexibility index (Phi) is 7.07. The molecule has 0 unspecified atom stereocenters. The van der Waals surface area contributed by atoms with Crippen molar-refractivity contribution in [3.8, 4) is 11.5 Å². The maximum Gasteiger partial charge on any atom is 0.257 e. The summed E-state index contributed by atoms with van der Waals surface area (Å²) in [6.45, 7) is 3.06. The molecule has 1 aromatic heterocycles. The number of carbonyl (C=O) groups excluding carboxylic acids is 1. The highest BCUT2D eigenvalue weighted by atomic mass is 16.5. The number of aryl methyl sites for hydroxylation is 1. The molecule has 0 radical (unpaired) electrons. The summed E-state index contributed by atoms with van der Waals surface area (Å²) in [6.07, 6.45) is 1.61. The van der Waals surface area contributed by atoms with Gasteiger partial charge in [-0.1, -0.05) is 18.2 Å². The van der Waals surface area contributed by atoms with Crippen molar-refractivity contribution in [2.75, 3.05) is 20.3 Å². The first-order valence-electron chi connectivity index (χ1n) is 8.31. The Hall–Kier alpha value is -2.76. The Balaban J connectivity index is 1.66. The number of hydrogen-bond donors (Lipinski definition) is 1. The standard InChI is InChI=1S/C19H24N2O4/c1-15-8-7-11-19(23)21(15)13-6-5-12-20-18(22)14-25-17-10-4-3-9-16(17)24-2/h3-4,7-11H,5-6,12-14H2,1-2H3,(H,20,22). The first-order chi connectivity index (χ1) is 12.1. The highest BCUT2D eigenvalue weighted by molar-refractivity contribution is 5.77. The fourth-order valence-corrected chi connectivity index (χ4v) is 2.47. The first kappa shape index (κ1) is 18.6. The van der Waals surface area contributed by atoms with E-state index in [1.165, 1.54) is 0 Å². The van der Waals surface area contributed by atoms with E-state index in [1.807, 2.05) is 25.1 Å². The molecule has 134 valence electrons. The molecule has 1 amide bonds. The molecule has 25 heavy (non-hydrogen) atoms. The second-order valence-corrected chi connectivity index (χ2v) is 5.65. The van der Waals surface area contributed by atoms with Gasteiger partial charge in [-0.15, -0.1) is 0 Å². The van der Waals surface area contributed by atoms with E-state index in [0.29, 0.717) is 24.6 Å². The molecule has 0 bridgehead atoms. The number of pyridine rings is 1. The maximum absolute atomic E-state index is 11.8. The molecule has 0 fully saturated rings. The number of aromatic nitrogens is 1. The number of rotatable bonds is 9. The van der Waals surface area contributed by atoms with Gasteiger partial charge < -0.3 is 19.4 Å². The molecular formula is C19H24N2O4. The Labute approximate surface area is 147 Å². The third-order valence-electron chi connectivity index (χ3n) is 3.83. The van der Waals surface area contributed by atoms with E-state index in [0.717, 1.165) is 18.5 Å². The lowest BCUT2D eigenvalue weighted by Crippen LogP contribution is -2.30. The average Bonchev–Trinajstić information content (AvgIpc) is 2.62. The smallest absolute Gasteiger partial charge is 0.257 e. The molecule has 0 saturated carbocycles. The summed E-state index contributed by atoms with van der Waals surface area (Å²) in [5.41, 5.74) is 0.955. The number of amides is 1. The summed E-state index contributed by atoms with van der Waals surface area (Å²) < 4.78 is 12.4. The lowest BCUT2D eigenvalue weighted by atomic mass is 10.2. The number of para-hydroxylation sites is 2. The van der Waals surface area contributed by atoms with Crippen molar-refractivity contribution < 1.29 is 14.3 Å². The Bertz CT molecular complexity index is 755. The van der Waals surface area contributed by atoms with Crippen molar-refractivity contribution in [1.82, 2.24) is 9.88 Å². The van der Waals surface area contributed by atoms with Gasteiger partial charge in [0.05, 0.1) is 7.11 Å². The summed E-state index contributed by atoms with van der Waals surface area (Å²) in [5, 5.41) is 2.81. The molecule has 1 aromatic carbocycles. The second-order valence-electron chi connectivity index (χ2n) is 5.65. The summed E-state index contributed by atoms with van der Waals surface area (Å²) in [7, 11) is 1.56. The zero-order valence-corrected chi connectivity index (χ0v) is 14.7. The van der Waals surface area contributed by atoms with E-state index in [9.17, 15) is 9.59 Å². The highest BCUT2D eigenvalue weighted by Crippen LogP contribution is 2.25. The normalized spacial score (nSPS) is 10.3. The van der Waals surface area contributed by atoms with E-state index >= 15 is 0 Å². The van der Waals surface area contributed by atoms with Crippen LogP contribution < -0.4 is 20.3 Å². The van der Waals surface area contributed by atoms with Crippen molar-refractivity contribution in [2.24, 2.45) is 0 Å². The molecule has 0 aliphatic heterocycles. The molecule has 0 aliphatic rings. The number of nitrogens with one attached hydrogen (secondary N) is 1. The summed E-state index contributed by atoms with van der Waals surface area (Å²) in [6, 6.07) is 12.4. The molecule has 0 aliphatic carbocycles. The molecule has 0 saturated heterocycles. The van der Waals surface area contributed by atoms with Crippen LogP contribution in [0.4, 0.5) is 0 Å². The first-order valence-corrected chi connectivity index (χ1v) is 8.31. The quantitative estimate of drug-likeness (QED) is 0.708. The number of nitrogens with zero attached hydrogens (tertiary/aromatic N) is 1. The third-order valence-corrected chi connectivity index (χ3v) is 3.83. The minimum atomic E-state index is -0.182. The van der Waals surface area contributed by atoms with Crippen LogP contribution in [0.25, 0.3) is 0 Å². The van der Waals surface area contributed by atoms with Crippen LogP contribution in [0.15, 0.2) is 47.3 Å². The molecule has 2 aromatic rings. The van der Waals surface area contributed by atoms with E-state index in [2.05, 4.69) is 5.32 Å². The van der Waals surface area contributed by atoms with E-state index in [1.54, 1.807) is 35.9 Å². The Morgan fingerprint density at radius 3 is 2.56 bits per heavy atom. The Morgan fingerprint density at radius 1 is 1.08 bits per heavy atom. The minimum Gasteiger partial charge on any atom is -0.493 e. The molecular weight excluding hydrogens is 320 g/mol. The predicted octanol–water partition coefficient (Wildman–Crippen LogP) is 2.14. The van der Waals surface area contributed by atoms with Crippen LogP contribution in [-0.4, -0.2) is 30.7 Å². The van der Waals surface area contributed by atoms with Gasteiger partial charge in [-0.2, -0.15) is 0 Å². The predicted molar refractivity (Wildman–Crippen MR) is 96.2 cm³/mol. The lowest BCUT2D eigenvalue weighted by Gasteiger charge is -2.11. The molecule has 6 nitrogen and oxygen atoms in total. The largest absolute Gasteiger partial charge is 0.493 e. The van der Waals surface area contributed by atoms with Gasteiger partial charge in [0, 0.05) is 24.8 Å². The topological polar surface area (TPSA) is 69.6 Å². The zero-order chi connectivity index (χ0) is 18.1. The maximum atomic E-state index is 11.8. The van der Waals surface area contributed by atoms with Crippen LogP contribution in [0.5, 0.6) is 11.5 Å². The van der Waals surface area contributed by atoms with Gasteiger partial charge in [-0.25, -0.2) is 0 Å². The number of unbranched alkanes of at least 4 members (excludes halogenated alkanes) is 1. The van der Waals surface area contributed by atoms with Gasteiger partial charge in [0.1, 0.15) is 0 Å².